The van der Waals surface area contributed by atoms with Crippen LogP contribution >= 0.6 is 24.0 Å². The molecule has 0 spiro atoms. The highest BCUT2D eigenvalue weighted by Crippen LogP contribution is 2.23. The van der Waals surface area contributed by atoms with E-state index in [0.29, 0.717) is 6.04 Å². The zero-order valence-electron chi connectivity index (χ0n) is 17.5. The van der Waals surface area contributed by atoms with Crippen molar-refractivity contribution >= 4 is 40.7 Å². The summed E-state index contributed by atoms with van der Waals surface area (Å²) in [5, 5.41) is 9.57. The third kappa shape index (κ3) is 5.81. The van der Waals surface area contributed by atoms with E-state index in [1.54, 1.807) is 0 Å². The number of benzene rings is 2. The zero-order valence-corrected chi connectivity index (χ0v) is 19.8. The SMILES string of the molecule is CCNC(=NCC1CN(C)CCN1C)NC(C)c1cccc2ccccc12.I. The molecule has 2 aromatic rings. The third-order valence-corrected chi connectivity index (χ3v) is 5.43. The average molecular weight is 495 g/mol. The Morgan fingerprint density at radius 3 is 2.68 bits per heavy atom. The van der Waals surface area contributed by atoms with Crippen LogP contribution in [0.25, 0.3) is 10.8 Å². The van der Waals surface area contributed by atoms with E-state index in [4.69, 9.17) is 4.99 Å². The van der Waals surface area contributed by atoms with Gasteiger partial charge in [-0.05, 0) is 44.3 Å². The fraction of sp³-hybridized carbons (Fsp3) is 0.500. The smallest absolute Gasteiger partial charge is 0.191 e. The summed E-state index contributed by atoms with van der Waals surface area (Å²) in [5.41, 5.74) is 1.30. The van der Waals surface area contributed by atoms with Crippen LogP contribution < -0.4 is 10.6 Å². The Morgan fingerprint density at radius 1 is 1.14 bits per heavy atom. The van der Waals surface area contributed by atoms with Crippen LogP contribution in [0.15, 0.2) is 47.5 Å². The van der Waals surface area contributed by atoms with Gasteiger partial charge in [0, 0.05) is 32.2 Å². The molecule has 1 fully saturated rings. The Morgan fingerprint density at radius 2 is 1.89 bits per heavy atom. The third-order valence-electron chi connectivity index (χ3n) is 5.43. The number of halogens is 1. The largest absolute Gasteiger partial charge is 0.357 e. The highest BCUT2D eigenvalue weighted by atomic mass is 127. The van der Waals surface area contributed by atoms with E-state index in [2.05, 4.69) is 90.8 Å². The molecule has 0 aliphatic carbocycles. The van der Waals surface area contributed by atoms with E-state index in [-0.39, 0.29) is 30.0 Å². The molecule has 0 saturated carbocycles. The fourth-order valence-corrected chi connectivity index (χ4v) is 3.73. The first-order valence-corrected chi connectivity index (χ1v) is 9.99. The Balaban J connectivity index is 0.00000280. The molecule has 154 valence electrons. The van der Waals surface area contributed by atoms with E-state index in [1.807, 2.05) is 0 Å². The maximum atomic E-state index is 4.89. The van der Waals surface area contributed by atoms with Gasteiger partial charge < -0.3 is 15.5 Å². The van der Waals surface area contributed by atoms with Crippen molar-refractivity contribution in [1.29, 1.82) is 0 Å². The first-order valence-electron chi connectivity index (χ1n) is 9.99. The summed E-state index contributed by atoms with van der Waals surface area (Å²) < 4.78 is 0. The van der Waals surface area contributed by atoms with Crippen molar-refractivity contribution in [2.24, 2.45) is 4.99 Å². The molecule has 1 heterocycles. The first kappa shape index (κ1) is 22.9. The number of aliphatic imine (C=N–C) groups is 1. The van der Waals surface area contributed by atoms with Gasteiger partial charge in [0.05, 0.1) is 12.6 Å². The van der Waals surface area contributed by atoms with Gasteiger partial charge in [-0.3, -0.25) is 9.89 Å². The molecule has 2 aromatic carbocycles. The first-order chi connectivity index (χ1) is 13.1. The molecule has 3 rings (SSSR count). The van der Waals surface area contributed by atoms with Crippen LogP contribution in [0, 0.1) is 0 Å². The quantitative estimate of drug-likeness (QED) is 0.380. The van der Waals surface area contributed by atoms with Crippen molar-refractivity contribution in [1.82, 2.24) is 20.4 Å². The molecule has 0 radical (unpaired) electrons. The Kier molecular flexibility index (Phi) is 8.98. The van der Waals surface area contributed by atoms with Gasteiger partial charge in [-0.1, -0.05) is 42.5 Å². The lowest BCUT2D eigenvalue weighted by molar-refractivity contribution is 0.119. The summed E-state index contributed by atoms with van der Waals surface area (Å²) in [7, 11) is 4.39. The van der Waals surface area contributed by atoms with E-state index in [9.17, 15) is 0 Å². The van der Waals surface area contributed by atoms with Gasteiger partial charge in [-0.2, -0.15) is 0 Å². The number of piperazine rings is 1. The summed E-state index contributed by atoms with van der Waals surface area (Å²) in [6, 6.07) is 15.7. The number of likely N-dealkylation sites (N-methyl/N-ethyl adjacent to an activating group) is 2. The second kappa shape index (κ2) is 11.0. The minimum absolute atomic E-state index is 0. The molecule has 5 nitrogen and oxygen atoms in total. The van der Waals surface area contributed by atoms with E-state index < -0.39 is 0 Å². The van der Waals surface area contributed by atoms with Crippen molar-refractivity contribution in [2.75, 3.05) is 46.8 Å². The maximum absolute atomic E-state index is 4.89. The molecule has 2 N–H and O–H groups in total. The summed E-state index contributed by atoms with van der Waals surface area (Å²) in [6.45, 7) is 9.28. The van der Waals surface area contributed by atoms with Gasteiger partial charge in [-0.25, -0.2) is 0 Å². The fourth-order valence-electron chi connectivity index (χ4n) is 3.73. The molecule has 2 unspecified atom stereocenters. The number of guanidine groups is 1. The van der Waals surface area contributed by atoms with Crippen molar-refractivity contribution in [3.05, 3.63) is 48.0 Å². The zero-order chi connectivity index (χ0) is 19.2. The lowest BCUT2D eigenvalue weighted by Gasteiger charge is -2.37. The molecule has 1 aliphatic rings. The minimum atomic E-state index is 0. The highest BCUT2D eigenvalue weighted by Gasteiger charge is 2.22. The number of hydrogen-bond donors (Lipinski definition) is 2. The van der Waals surface area contributed by atoms with Crippen LogP contribution in [-0.4, -0.2) is 68.6 Å². The predicted molar refractivity (Wildman–Crippen MR) is 131 cm³/mol. The van der Waals surface area contributed by atoms with Crippen LogP contribution in [0.1, 0.15) is 25.5 Å². The second-order valence-electron chi connectivity index (χ2n) is 7.55. The highest BCUT2D eigenvalue weighted by molar-refractivity contribution is 14.0. The van der Waals surface area contributed by atoms with E-state index >= 15 is 0 Å². The predicted octanol–water partition coefficient (Wildman–Crippen LogP) is 3.32. The van der Waals surface area contributed by atoms with Crippen molar-refractivity contribution in [3.8, 4) is 0 Å². The second-order valence-corrected chi connectivity index (χ2v) is 7.55. The molecule has 0 amide bonds. The van der Waals surface area contributed by atoms with Crippen LogP contribution in [0.5, 0.6) is 0 Å². The number of rotatable bonds is 5. The number of hydrogen-bond acceptors (Lipinski definition) is 3. The molecule has 1 saturated heterocycles. The molecular weight excluding hydrogens is 461 g/mol. The van der Waals surface area contributed by atoms with Gasteiger partial charge >= 0.3 is 0 Å². The summed E-state index contributed by atoms with van der Waals surface area (Å²) in [6.07, 6.45) is 0. The minimum Gasteiger partial charge on any atom is -0.357 e. The Labute approximate surface area is 186 Å². The van der Waals surface area contributed by atoms with Gasteiger partial charge in [-0.15, -0.1) is 24.0 Å². The number of nitrogens with one attached hydrogen (secondary N) is 2. The van der Waals surface area contributed by atoms with Crippen molar-refractivity contribution < 1.29 is 0 Å². The molecule has 0 aromatic heterocycles. The standard InChI is InChI=1S/C22H33N5.HI/c1-5-23-22(24-15-19-16-26(3)13-14-27(19)4)25-17(2)20-12-8-10-18-9-6-7-11-21(18)20;/h6-12,17,19H,5,13-16H2,1-4H3,(H2,23,24,25);1H. The molecule has 6 heteroatoms. The molecule has 28 heavy (non-hydrogen) atoms. The monoisotopic (exact) mass is 495 g/mol. The molecule has 2 atom stereocenters. The maximum Gasteiger partial charge on any atom is 0.191 e. The van der Waals surface area contributed by atoms with Crippen LogP contribution in [-0.2, 0) is 0 Å². The lowest BCUT2D eigenvalue weighted by atomic mass is 10.00. The van der Waals surface area contributed by atoms with E-state index in [0.717, 1.165) is 38.7 Å². The van der Waals surface area contributed by atoms with Crippen LogP contribution in [0.3, 0.4) is 0 Å². The van der Waals surface area contributed by atoms with E-state index in [1.165, 1.54) is 16.3 Å². The topological polar surface area (TPSA) is 42.9 Å². The molecule has 0 bridgehead atoms. The van der Waals surface area contributed by atoms with Crippen LogP contribution in [0.2, 0.25) is 0 Å². The average Bonchev–Trinajstić information content (AvgIpc) is 2.68. The lowest BCUT2D eigenvalue weighted by Crippen LogP contribution is -2.51. The molecular formula is C22H34IN5. The van der Waals surface area contributed by atoms with Crippen molar-refractivity contribution in [3.63, 3.8) is 0 Å². The van der Waals surface area contributed by atoms with Gasteiger partial charge in [0.15, 0.2) is 5.96 Å². The number of nitrogens with zero attached hydrogens (tertiary/aromatic N) is 3. The van der Waals surface area contributed by atoms with Crippen LogP contribution in [0.4, 0.5) is 0 Å². The molecule has 1 aliphatic heterocycles. The Bertz CT molecular complexity index is 773. The van der Waals surface area contributed by atoms with Crippen molar-refractivity contribution in [2.45, 2.75) is 25.9 Å². The normalized spacial score (nSPS) is 19.9. The van der Waals surface area contributed by atoms with Gasteiger partial charge in [0.2, 0.25) is 0 Å². The summed E-state index contributed by atoms with van der Waals surface area (Å²) >= 11 is 0. The Hall–Kier alpha value is -1.38. The van der Waals surface area contributed by atoms with Gasteiger partial charge in [0.1, 0.15) is 0 Å². The summed E-state index contributed by atoms with van der Waals surface area (Å²) in [4.78, 5) is 9.70. The number of fused-ring (bicyclic) bond motifs is 1. The summed E-state index contributed by atoms with van der Waals surface area (Å²) in [5.74, 6) is 0.888. The van der Waals surface area contributed by atoms with Gasteiger partial charge in [0.25, 0.3) is 0 Å².